The molecule has 0 aromatic rings. The highest BCUT2D eigenvalue weighted by Gasteiger charge is 2.58. The Morgan fingerprint density at radius 1 is 0.447 bits per heavy atom. The van der Waals surface area contributed by atoms with Gasteiger partial charge in [-0.25, -0.2) is 8.42 Å². The summed E-state index contributed by atoms with van der Waals surface area (Å²) >= 11 is 0. The molecule has 18 N–H and O–H groups in total. The van der Waals surface area contributed by atoms with Crippen molar-refractivity contribution < 1.29 is 155 Å². The molecule has 30 unspecified atom stereocenters. The molecule has 85 heavy (non-hydrogen) atoms. The molecule has 1 saturated carbocycles. The lowest BCUT2D eigenvalue weighted by atomic mass is 9.79. The van der Waals surface area contributed by atoms with Gasteiger partial charge in [0.15, 0.2) is 31.5 Å². The quantitative estimate of drug-likeness (QED) is 0.0353. The summed E-state index contributed by atoms with van der Waals surface area (Å²) in [6.07, 6.45) is -43.9. The molecule has 5 amide bonds. The molecule has 1 aliphatic carbocycles. The van der Waals surface area contributed by atoms with Crippen LogP contribution >= 0.6 is 0 Å². The molecular formula is C47H78N5O32S-. The molecule has 37 nitrogen and oxygen atoms in total. The minimum atomic E-state index is -5.58. The van der Waals surface area contributed by atoms with Crippen LogP contribution in [0.5, 0.6) is 0 Å². The van der Waals surface area contributed by atoms with E-state index >= 15 is 0 Å². The van der Waals surface area contributed by atoms with Crippen molar-refractivity contribution in [1.82, 2.24) is 26.6 Å². The smallest absolute Gasteiger partial charge is 0.217 e. The predicted octanol–water partition coefficient (Wildman–Crippen LogP) is -12.2. The minimum Gasteiger partial charge on any atom is -0.726 e. The third-order valence-corrected chi connectivity index (χ3v) is 15.5. The summed E-state index contributed by atoms with van der Waals surface area (Å²) < 4.78 is 99.9. The fourth-order valence-electron chi connectivity index (χ4n) is 11.1. The maximum atomic E-state index is 12.9. The summed E-state index contributed by atoms with van der Waals surface area (Å²) in [6.45, 7) is 1.50. The number of aliphatic hydroxyl groups is 13. The van der Waals surface area contributed by atoms with Crippen LogP contribution in [0.1, 0.15) is 48.0 Å². The van der Waals surface area contributed by atoms with Gasteiger partial charge in [0, 0.05) is 40.5 Å². The number of ether oxygens (including phenoxy) is 10. The number of nitrogens with one attached hydrogen (secondary N) is 5. The van der Waals surface area contributed by atoms with Crippen molar-refractivity contribution in [3.05, 3.63) is 0 Å². The fraction of sp³-hybridized carbons (Fsp3) is 0.894. The minimum absolute atomic E-state index is 0.637. The van der Waals surface area contributed by atoms with Crippen molar-refractivity contribution in [2.45, 2.75) is 226 Å². The largest absolute Gasteiger partial charge is 0.726 e. The summed E-state index contributed by atoms with van der Waals surface area (Å²) in [6, 6.07) is -8.58. The molecule has 5 aliphatic heterocycles. The third-order valence-electron chi connectivity index (χ3n) is 15.1. The van der Waals surface area contributed by atoms with E-state index in [1.165, 1.54) is 6.92 Å². The van der Waals surface area contributed by atoms with Gasteiger partial charge in [-0.3, -0.25) is 28.2 Å². The summed E-state index contributed by atoms with van der Waals surface area (Å²) in [5, 5.41) is 155. The molecule has 0 aromatic heterocycles. The number of aliphatic hydroxyl groups excluding tert-OH is 13. The van der Waals surface area contributed by atoms with Gasteiger partial charge in [0.2, 0.25) is 39.9 Å². The Kier molecular flexibility index (Phi) is 25.0. The zero-order valence-electron chi connectivity index (χ0n) is 46.5. The molecule has 6 aliphatic rings. The van der Waals surface area contributed by atoms with Crippen LogP contribution in [0.2, 0.25) is 0 Å². The van der Waals surface area contributed by atoms with Crippen molar-refractivity contribution in [3.63, 3.8) is 0 Å². The van der Waals surface area contributed by atoms with Gasteiger partial charge in [0.25, 0.3) is 0 Å². The van der Waals surface area contributed by atoms with E-state index in [0.717, 1.165) is 34.6 Å². The van der Waals surface area contributed by atoms with Crippen LogP contribution in [-0.4, -0.2) is 320 Å². The van der Waals surface area contributed by atoms with E-state index in [1.54, 1.807) is 0 Å². The van der Waals surface area contributed by atoms with Crippen molar-refractivity contribution in [2.75, 3.05) is 33.0 Å². The topological polar surface area (TPSA) is 567 Å². The molecule has 30 atom stereocenters. The molecule has 0 spiro atoms. The first-order valence-corrected chi connectivity index (χ1v) is 28.2. The predicted molar refractivity (Wildman–Crippen MR) is 268 cm³/mol. The standard InChI is InChI=1S/C47H79N5O32S/c1-13-30(61)37(68)38(69)47(76-13)74-12-24-42(34(65)26(43(70)78-24)49-15(3)57)77-20-7-19(11-75-85(71,72)73)39(33(64)25(20)48-14(2)56)82-45-28(51-17(5)59)35(66)41(22(9-54)80-45)84-46-29(52-18(6)60)36(67)40(23(10-55)81-46)83-44-27(50-16(4)58)32(63)31(62)21(8-53)79-44/h13,19-47,53-55,61-70H,7-12H2,1-6H3,(H,48,56)(H,49,57)(H,50,58)(H,51,59)(H,52,60)(H,71,72,73)/p-1. The summed E-state index contributed by atoms with van der Waals surface area (Å²) in [7, 11) is -5.58. The van der Waals surface area contributed by atoms with Gasteiger partial charge in [0.1, 0.15) is 122 Å². The molecule has 38 heteroatoms. The van der Waals surface area contributed by atoms with Crippen molar-refractivity contribution in [1.29, 1.82) is 0 Å². The Morgan fingerprint density at radius 2 is 0.847 bits per heavy atom. The Labute approximate surface area is 484 Å². The molecule has 490 valence electrons. The summed E-state index contributed by atoms with van der Waals surface area (Å²) in [5.41, 5.74) is 0. The number of hydrogen-bond donors (Lipinski definition) is 18. The highest BCUT2D eigenvalue weighted by atomic mass is 32.3. The first-order chi connectivity index (χ1) is 39.8. The lowest BCUT2D eigenvalue weighted by Crippen LogP contribution is -2.71. The van der Waals surface area contributed by atoms with E-state index in [0.29, 0.717) is 0 Å². The van der Waals surface area contributed by atoms with Gasteiger partial charge < -0.3 is 145 Å². The normalized spacial score (nSPS) is 44.3. The molecule has 6 rings (SSSR count). The maximum absolute atomic E-state index is 12.9. The molecular weight excluding hydrogens is 1180 g/mol. The van der Waals surface area contributed by atoms with E-state index < -0.39 is 263 Å². The first-order valence-electron chi connectivity index (χ1n) is 26.9. The van der Waals surface area contributed by atoms with Crippen molar-refractivity contribution in [3.8, 4) is 0 Å². The van der Waals surface area contributed by atoms with Gasteiger partial charge >= 0.3 is 0 Å². The Morgan fingerprint density at radius 3 is 1.31 bits per heavy atom. The lowest BCUT2D eigenvalue weighted by molar-refractivity contribution is -0.358. The van der Waals surface area contributed by atoms with E-state index in [4.69, 9.17) is 47.4 Å². The van der Waals surface area contributed by atoms with Gasteiger partial charge in [0.05, 0.1) is 57.4 Å². The molecule has 6 fully saturated rings. The van der Waals surface area contributed by atoms with E-state index in [-0.39, 0.29) is 0 Å². The number of rotatable bonds is 22. The van der Waals surface area contributed by atoms with Gasteiger partial charge in [-0.2, -0.15) is 0 Å². The second-order valence-electron chi connectivity index (χ2n) is 21.5. The molecule has 0 aromatic carbocycles. The Hall–Kier alpha value is -3.70. The highest BCUT2D eigenvalue weighted by molar-refractivity contribution is 7.80. The average Bonchev–Trinajstić information content (AvgIpc) is 3.50. The van der Waals surface area contributed by atoms with Crippen LogP contribution in [-0.2, 0) is 85.9 Å². The van der Waals surface area contributed by atoms with Crippen molar-refractivity contribution >= 4 is 39.9 Å². The molecule has 0 radical (unpaired) electrons. The van der Waals surface area contributed by atoms with Crippen LogP contribution in [0.3, 0.4) is 0 Å². The van der Waals surface area contributed by atoms with Crippen LogP contribution in [0.25, 0.3) is 0 Å². The van der Waals surface area contributed by atoms with E-state index in [1.807, 2.05) is 0 Å². The van der Waals surface area contributed by atoms with Crippen LogP contribution in [0.15, 0.2) is 0 Å². The number of hydrogen-bond acceptors (Lipinski definition) is 32. The number of amides is 5. The fourth-order valence-corrected chi connectivity index (χ4v) is 11.4. The highest BCUT2D eigenvalue weighted by Crippen LogP contribution is 2.39. The third kappa shape index (κ3) is 17.2. The zero-order chi connectivity index (χ0) is 63.3. The van der Waals surface area contributed by atoms with Crippen molar-refractivity contribution in [2.24, 2.45) is 5.92 Å². The SMILES string of the molecule is CC(=O)NC1C(O)OC(COC2OC(C)C(O)C(O)C2O)C(OC2CC(COS(=O)(=O)[O-])C(OC3OC(CO)C(OC4OC(CO)C(OC5OC(CO)C(O)C(O)C5NC(C)=O)C(O)C4NC(C)=O)C(O)C3NC(C)=O)C(O)C2NC(C)=O)C1O. The van der Waals surface area contributed by atoms with Gasteiger partial charge in [-0.15, -0.1) is 0 Å². The van der Waals surface area contributed by atoms with Crippen LogP contribution in [0, 0.1) is 5.92 Å². The van der Waals surface area contributed by atoms with Gasteiger partial charge in [-0.05, 0) is 13.3 Å². The van der Waals surface area contributed by atoms with Crippen LogP contribution < -0.4 is 26.6 Å². The molecule has 5 saturated heterocycles. The first kappa shape index (κ1) is 70.4. The van der Waals surface area contributed by atoms with E-state index in [2.05, 4.69) is 30.8 Å². The average molecular weight is 1260 g/mol. The Bertz CT molecular complexity index is 2360. The Balaban J connectivity index is 1.29. The second kappa shape index (κ2) is 30.2. The number of carbonyl (C=O) groups excluding carboxylic acids is 5. The summed E-state index contributed by atoms with van der Waals surface area (Å²) in [4.78, 5) is 62.9. The monoisotopic (exact) mass is 1260 g/mol. The molecule has 0 bridgehead atoms. The molecule has 5 heterocycles. The summed E-state index contributed by atoms with van der Waals surface area (Å²) in [5.74, 6) is -5.74. The number of carbonyl (C=O) groups is 5. The second-order valence-corrected chi connectivity index (χ2v) is 22.5. The zero-order valence-corrected chi connectivity index (χ0v) is 47.4. The van der Waals surface area contributed by atoms with E-state index in [9.17, 15) is 103 Å². The van der Waals surface area contributed by atoms with Crippen LogP contribution in [0.4, 0.5) is 0 Å². The maximum Gasteiger partial charge on any atom is 0.217 e. The lowest BCUT2D eigenvalue weighted by Gasteiger charge is -2.51. The van der Waals surface area contributed by atoms with Gasteiger partial charge in [-0.1, -0.05) is 0 Å².